The van der Waals surface area contributed by atoms with Crippen molar-refractivity contribution in [3.05, 3.63) is 23.8 Å². The molecule has 1 aliphatic carbocycles. The zero-order valence-corrected chi connectivity index (χ0v) is 12.0. The summed E-state index contributed by atoms with van der Waals surface area (Å²) in [7, 11) is 1.49. The Morgan fingerprint density at radius 1 is 1.43 bits per heavy atom. The van der Waals surface area contributed by atoms with Gasteiger partial charge in [0.1, 0.15) is 5.75 Å². The van der Waals surface area contributed by atoms with Crippen LogP contribution in [0.15, 0.2) is 18.2 Å². The topological polar surface area (TPSA) is 102 Å². The van der Waals surface area contributed by atoms with Crippen LogP contribution in [-0.4, -0.2) is 30.6 Å². The van der Waals surface area contributed by atoms with Crippen LogP contribution in [0.3, 0.4) is 0 Å². The molecule has 4 N–H and O–H groups in total. The van der Waals surface area contributed by atoms with Crippen LogP contribution >= 0.6 is 0 Å². The number of rotatable bonds is 6. The monoisotopic (exact) mass is 292 g/mol. The standard InChI is InChI=1S/C15H20N2O4/c1-21-10-3-4-11(14(19)20)12(7-10)17-13(18)8-15(9-16)5-2-6-15/h3-4,7H,2,5-6,8-9,16H2,1H3,(H,17,18)(H,19,20). The van der Waals surface area contributed by atoms with Crippen molar-refractivity contribution in [2.24, 2.45) is 11.1 Å². The van der Waals surface area contributed by atoms with E-state index in [2.05, 4.69) is 5.32 Å². The highest BCUT2D eigenvalue weighted by Gasteiger charge is 2.37. The number of nitrogens with two attached hydrogens (primary N) is 1. The van der Waals surface area contributed by atoms with Gasteiger partial charge in [-0.05, 0) is 36.9 Å². The molecule has 0 aliphatic heterocycles. The maximum absolute atomic E-state index is 12.2. The number of carbonyl (C=O) groups excluding carboxylic acids is 1. The minimum absolute atomic E-state index is 0.0413. The predicted molar refractivity (Wildman–Crippen MR) is 78.5 cm³/mol. The van der Waals surface area contributed by atoms with Crippen molar-refractivity contribution in [3.63, 3.8) is 0 Å². The molecule has 1 aliphatic rings. The van der Waals surface area contributed by atoms with Gasteiger partial charge in [0.05, 0.1) is 18.4 Å². The van der Waals surface area contributed by atoms with Crippen molar-refractivity contribution < 1.29 is 19.4 Å². The highest BCUT2D eigenvalue weighted by Crippen LogP contribution is 2.43. The molecule has 1 fully saturated rings. The van der Waals surface area contributed by atoms with Crippen molar-refractivity contribution in [3.8, 4) is 5.75 Å². The van der Waals surface area contributed by atoms with Gasteiger partial charge in [-0.1, -0.05) is 6.42 Å². The summed E-state index contributed by atoms with van der Waals surface area (Å²) in [6.07, 6.45) is 3.30. The number of ether oxygens (including phenoxy) is 1. The van der Waals surface area contributed by atoms with E-state index in [-0.39, 0.29) is 22.6 Å². The van der Waals surface area contributed by atoms with Crippen LogP contribution in [0.5, 0.6) is 5.75 Å². The Bertz CT molecular complexity index is 547. The summed E-state index contributed by atoms with van der Waals surface area (Å²) in [5.41, 5.74) is 5.91. The van der Waals surface area contributed by atoms with Gasteiger partial charge in [-0.3, -0.25) is 4.79 Å². The number of anilines is 1. The van der Waals surface area contributed by atoms with Crippen LogP contribution in [0.1, 0.15) is 36.0 Å². The molecule has 1 aromatic carbocycles. The zero-order valence-electron chi connectivity index (χ0n) is 12.0. The third-order valence-corrected chi connectivity index (χ3v) is 4.11. The number of aromatic carboxylic acids is 1. The Hall–Kier alpha value is -2.08. The highest BCUT2D eigenvalue weighted by atomic mass is 16.5. The molecule has 0 atom stereocenters. The molecule has 6 heteroatoms. The predicted octanol–water partition coefficient (Wildman–Crippen LogP) is 1.85. The van der Waals surface area contributed by atoms with Crippen LogP contribution in [0.4, 0.5) is 5.69 Å². The third-order valence-electron chi connectivity index (χ3n) is 4.11. The molecule has 0 bridgehead atoms. The summed E-state index contributed by atoms with van der Waals surface area (Å²) in [4.78, 5) is 23.4. The number of hydrogen-bond donors (Lipinski definition) is 3. The molecule has 0 unspecified atom stereocenters. The van der Waals surface area contributed by atoms with E-state index < -0.39 is 5.97 Å². The van der Waals surface area contributed by atoms with Crippen molar-refractivity contribution in [1.29, 1.82) is 0 Å². The van der Waals surface area contributed by atoms with Gasteiger partial charge < -0.3 is 20.9 Å². The van der Waals surface area contributed by atoms with E-state index in [1.165, 1.54) is 19.2 Å². The molecule has 21 heavy (non-hydrogen) atoms. The van der Waals surface area contributed by atoms with E-state index in [0.717, 1.165) is 19.3 Å². The minimum Gasteiger partial charge on any atom is -0.497 e. The average molecular weight is 292 g/mol. The fourth-order valence-corrected chi connectivity index (χ4v) is 2.61. The molecule has 2 rings (SSSR count). The summed E-state index contributed by atoms with van der Waals surface area (Å²) in [5, 5.41) is 11.8. The number of carbonyl (C=O) groups is 2. The normalized spacial score (nSPS) is 15.9. The van der Waals surface area contributed by atoms with Gasteiger partial charge in [0.25, 0.3) is 0 Å². The zero-order chi connectivity index (χ0) is 15.5. The molecule has 0 radical (unpaired) electrons. The fourth-order valence-electron chi connectivity index (χ4n) is 2.61. The molecule has 6 nitrogen and oxygen atoms in total. The van der Waals surface area contributed by atoms with Crippen molar-refractivity contribution in [2.75, 3.05) is 19.0 Å². The van der Waals surface area contributed by atoms with Gasteiger partial charge in [0.2, 0.25) is 5.91 Å². The van der Waals surface area contributed by atoms with Crippen molar-refractivity contribution in [1.82, 2.24) is 0 Å². The second-order valence-electron chi connectivity index (χ2n) is 5.50. The van der Waals surface area contributed by atoms with E-state index >= 15 is 0 Å². The Morgan fingerprint density at radius 2 is 2.14 bits per heavy atom. The Balaban J connectivity index is 2.14. The second-order valence-corrected chi connectivity index (χ2v) is 5.50. The number of benzene rings is 1. The Labute approximate surface area is 123 Å². The fraction of sp³-hybridized carbons (Fsp3) is 0.467. The molecule has 114 valence electrons. The molecule has 0 heterocycles. The SMILES string of the molecule is COc1ccc(C(=O)O)c(NC(=O)CC2(CN)CCC2)c1. The molecule has 0 saturated heterocycles. The van der Waals surface area contributed by atoms with Gasteiger partial charge in [-0.15, -0.1) is 0 Å². The highest BCUT2D eigenvalue weighted by molar-refractivity contribution is 6.01. The van der Waals surface area contributed by atoms with Gasteiger partial charge >= 0.3 is 5.97 Å². The van der Waals surface area contributed by atoms with Gasteiger partial charge in [0, 0.05) is 12.5 Å². The summed E-state index contributed by atoms with van der Waals surface area (Å²) in [5.74, 6) is -0.812. The first-order chi connectivity index (χ1) is 9.99. The third kappa shape index (κ3) is 3.33. The quantitative estimate of drug-likeness (QED) is 0.742. The van der Waals surface area contributed by atoms with Crippen molar-refractivity contribution in [2.45, 2.75) is 25.7 Å². The van der Waals surface area contributed by atoms with Gasteiger partial charge in [0.15, 0.2) is 0 Å². The first-order valence-corrected chi connectivity index (χ1v) is 6.91. The maximum Gasteiger partial charge on any atom is 0.337 e. The number of methoxy groups -OCH3 is 1. The van der Waals surface area contributed by atoms with Gasteiger partial charge in [-0.2, -0.15) is 0 Å². The largest absolute Gasteiger partial charge is 0.497 e. The van der Waals surface area contributed by atoms with Crippen LogP contribution < -0.4 is 15.8 Å². The number of carboxylic acid groups (broad SMARTS) is 1. The lowest BCUT2D eigenvalue weighted by atomic mass is 9.66. The lowest BCUT2D eigenvalue weighted by Gasteiger charge is -2.40. The molecule has 0 spiro atoms. The number of amides is 1. The van der Waals surface area contributed by atoms with E-state index in [9.17, 15) is 9.59 Å². The summed E-state index contributed by atoms with van der Waals surface area (Å²) in [6, 6.07) is 4.47. The van der Waals surface area contributed by atoms with E-state index in [1.807, 2.05) is 0 Å². The maximum atomic E-state index is 12.2. The van der Waals surface area contributed by atoms with Crippen LogP contribution in [-0.2, 0) is 4.79 Å². The minimum atomic E-state index is -1.09. The first-order valence-electron chi connectivity index (χ1n) is 6.91. The molecule has 0 aromatic heterocycles. The lowest BCUT2D eigenvalue weighted by molar-refractivity contribution is -0.119. The smallest absolute Gasteiger partial charge is 0.337 e. The molecule has 1 saturated carbocycles. The van der Waals surface area contributed by atoms with Crippen LogP contribution in [0.25, 0.3) is 0 Å². The van der Waals surface area contributed by atoms with E-state index in [1.54, 1.807) is 6.07 Å². The number of hydrogen-bond acceptors (Lipinski definition) is 4. The van der Waals surface area contributed by atoms with Gasteiger partial charge in [-0.25, -0.2) is 4.79 Å². The molecular weight excluding hydrogens is 272 g/mol. The van der Waals surface area contributed by atoms with E-state index in [4.69, 9.17) is 15.6 Å². The molecule has 1 amide bonds. The summed E-state index contributed by atoms with van der Waals surface area (Å²) >= 11 is 0. The summed E-state index contributed by atoms with van der Waals surface area (Å²) < 4.78 is 5.06. The molecule has 1 aromatic rings. The van der Waals surface area contributed by atoms with E-state index in [0.29, 0.717) is 18.7 Å². The average Bonchev–Trinajstić information content (AvgIpc) is 2.42. The van der Waals surface area contributed by atoms with Crippen LogP contribution in [0.2, 0.25) is 0 Å². The van der Waals surface area contributed by atoms with Crippen LogP contribution in [0, 0.1) is 5.41 Å². The lowest BCUT2D eigenvalue weighted by Crippen LogP contribution is -2.40. The molecular formula is C15H20N2O4. The number of nitrogens with one attached hydrogen (secondary N) is 1. The Morgan fingerprint density at radius 3 is 2.62 bits per heavy atom. The summed E-state index contributed by atoms with van der Waals surface area (Å²) in [6.45, 7) is 0.477. The second kappa shape index (κ2) is 6.13. The first kappa shape index (κ1) is 15.3. The Kier molecular flexibility index (Phi) is 4.47. The number of carboxylic acids is 1. The van der Waals surface area contributed by atoms with Crippen molar-refractivity contribution >= 4 is 17.6 Å².